The van der Waals surface area contributed by atoms with Crippen molar-refractivity contribution >= 4 is 0 Å². The van der Waals surface area contributed by atoms with Gasteiger partial charge in [0, 0.05) is 5.92 Å². The van der Waals surface area contributed by atoms with E-state index in [4.69, 9.17) is 5.73 Å². The van der Waals surface area contributed by atoms with E-state index in [-0.39, 0.29) is 17.2 Å². The molecule has 0 saturated heterocycles. The van der Waals surface area contributed by atoms with Gasteiger partial charge in [-0.3, -0.25) is 0 Å². The van der Waals surface area contributed by atoms with Crippen molar-refractivity contribution in [3.63, 3.8) is 0 Å². The van der Waals surface area contributed by atoms with Crippen molar-refractivity contribution in [1.29, 1.82) is 15.8 Å². The molecule has 1 aromatic rings. The van der Waals surface area contributed by atoms with E-state index in [0.717, 1.165) is 24.0 Å². The number of unbranched alkanes of at least 4 members (excludes halogenated alkanes) is 1. The summed E-state index contributed by atoms with van der Waals surface area (Å²) in [7, 11) is 0. The number of rotatable bonds is 3. The average molecular weight is 302 g/mol. The summed E-state index contributed by atoms with van der Waals surface area (Å²) in [6.07, 6.45) is 4.26. The third-order valence-electron chi connectivity index (χ3n) is 4.31. The van der Waals surface area contributed by atoms with E-state index in [0.29, 0.717) is 6.42 Å². The second-order valence-electron chi connectivity index (χ2n) is 5.62. The molecule has 0 spiro atoms. The molecule has 1 aliphatic carbocycles. The Hall–Kier alpha value is -3.03. The molecule has 0 aliphatic heterocycles. The predicted molar refractivity (Wildman–Crippen MR) is 87.3 cm³/mol. The number of nitrogens with two attached hydrogens (primary N) is 1. The Labute approximate surface area is 136 Å². The van der Waals surface area contributed by atoms with Crippen LogP contribution in [0.5, 0.6) is 0 Å². The van der Waals surface area contributed by atoms with Gasteiger partial charge in [-0.2, -0.15) is 15.8 Å². The highest BCUT2D eigenvalue weighted by Crippen LogP contribution is 2.49. The summed E-state index contributed by atoms with van der Waals surface area (Å²) < 4.78 is 0. The highest BCUT2D eigenvalue weighted by Gasteiger charge is 2.48. The van der Waals surface area contributed by atoms with Gasteiger partial charge in [-0.25, -0.2) is 0 Å². The second-order valence-corrected chi connectivity index (χ2v) is 5.62. The topological polar surface area (TPSA) is 97.4 Å². The number of nitriles is 3. The number of benzene rings is 1. The van der Waals surface area contributed by atoms with Gasteiger partial charge in [-0.15, -0.1) is 0 Å². The summed E-state index contributed by atoms with van der Waals surface area (Å²) in [5.41, 5.74) is 6.73. The molecule has 2 rings (SSSR count). The summed E-state index contributed by atoms with van der Waals surface area (Å²) in [5.74, 6) is -0.376. The molecule has 114 valence electrons. The molecule has 0 heterocycles. The van der Waals surface area contributed by atoms with Crippen LogP contribution in [0.15, 0.2) is 53.3 Å². The van der Waals surface area contributed by atoms with E-state index in [1.54, 1.807) is 0 Å². The third kappa shape index (κ3) is 2.70. The molecule has 0 bridgehead atoms. The molecule has 1 atom stereocenters. The molecule has 2 N–H and O–H groups in total. The Morgan fingerprint density at radius 2 is 1.87 bits per heavy atom. The van der Waals surface area contributed by atoms with Crippen LogP contribution in [0.25, 0.3) is 0 Å². The Kier molecular flexibility index (Phi) is 4.85. The minimum atomic E-state index is -1.50. The zero-order valence-electron chi connectivity index (χ0n) is 13.1. The minimum Gasteiger partial charge on any atom is -0.399 e. The lowest BCUT2D eigenvalue weighted by Crippen LogP contribution is -2.37. The van der Waals surface area contributed by atoms with E-state index in [9.17, 15) is 15.8 Å². The summed E-state index contributed by atoms with van der Waals surface area (Å²) in [6, 6.07) is 15.7. The van der Waals surface area contributed by atoms with Crippen molar-refractivity contribution in [2.45, 2.75) is 32.1 Å². The molecule has 1 aromatic carbocycles. The Bertz CT molecular complexity index is 752. The molecular formula is C19H18N4. The van der Waals surface area contributed by atoms with Crippen molar-refractivity contribution in [3.05, 3.63) is 58.8 Å². The summed E-state index contributed by atoms with van der Waals surface area (Å²) in [4.78, 5) is 0. The first-order chi connectivity index (χ1) is 11.1. The van der Waals surface area contributed by atoms with Crippen LogP contribution in [0.1, 0.15) is 37.7 Å². The summed E-state index contributed by atoms with van der Waals surface area (Å²) in [5, 5.41) is 28.9. The quantitative estimate of drug-likeness (QED) is 0.921. The van der Waals surface area contributed by atoms with E-state index in [2.05, 4.69) is 25.1 Å². The number of allylic oxidation sites excluding steroid dienone is 4. The Morgan fingerprint density at radius 1 is 1.22 bits per heavy atom. The van der Waals surface area contributed by atoms with Gasteiger partial charge in [0.2, 0.25) is 0 Å². The van der Waals surface area contributed by atoms with Gasteiger partial charge in [-0.05, 0) is 24.0 Å². The first-order valence-electron chi connectivity index (χ1n) is 7.61. The first kappa shape index (κ1) is 16.3. The van der Waals surface area contributed by atoms with Crippen LogP contribution in [-0.2, 0) is 0 Å². The third-order valence-corrected chi connectivity index (χ3v) is 4.31. The largest absolute Gasteiger partial charge is 0.399 e. The summed E-state index contributed by atoms with van der Waals surface area (Å²) >= 11 is 0. The second kappa shape index (κ2) is 6.82. The van der Waals surface area contributed by atoms with Crippen LogP contribution >= 0.6 is 0 Å². The predicted octanol–water partition coefficient (Wildman–Crippen LogP) is 3.67. The van der Waals surface area contributed by atoms with Crippen molar-refractivity contribution in [3.8, 4) is 18.2 Å². The first-order valence-corrected chi connectivity index (χ1v) is 7.61. The van der Waals surface area contributed by atoms with E-state index < -0.39 is 5.41 Å². The van der Waals surface area contributed by atoms with Gasteiger partial charge in [0.15, 0.2) is 5.41 Å². The minimum absolute atomic E-state index is 0.0763. The van der Waals surface area contributed by atoms with Gasteiger partial charge >= 0.3 is 0 Å². The Morgan fingerprint density at radius 3 is 2.39 bits per heavy atom. The molecule has 0 saturated carbocycles. The maximum Gasteiger partial charge on any atom is 0.191 e. The fraction of sp³-hybridized carbons (Fsp3) is 0.316. The fourth-order valence-electron chi connectivity index (χ4n) is 3.02. The molecule has 0 aromatic heterocycles. The standard InChI is InChI=1S/C19H18N4/c1-2-3-7-15-10-17(14-8-5-4-6-9-14)19(12-21,13-22)18(23)16(15)11-20/h4-9,17H,2-3,10,23H2,1H3/b15-7+/t17-/m0/s1. The average Bonchev–Trinajstić information content (AvgIpc) is 2.60. The van der Waals surface area contributed by atoms with Gasteiger partial charge < -0.3 is 5.73 Å². The fourth-order valence-corrected chi connectivity index (χ4v) is 3.02. The zero-order chi connectivity index (χ0) is 16.9. The number of nitrogens with zero attached hydrogens (tertiary/aromatic N) is 3. The van der Waals surface area contributed by atoms with Gasteiger partial charge in [0.25, 0.3) is 0 Å². The van der Waals surface area contributed by atoms with Crippen LogP contribution in [0.3, 0.4) is 0 Å². The van der Waals surface area contributed by atoms with Crippen LogP contribution in [0, 0.1) is 39.4 Å². The molecule has 23 heavy (non-hydrogen) atoms. The van der Waals surface area contributed by atoms with Crippen molar-refractivity contribution in [2.24, 2.45) is 11.1 Å². The van der Waals surface area contributed by atoms with Crippen molar-refractivity contribution < 1.29 is 0 Å². The van der Waals surface area contributed by atoms with Crippen molar-refractivity contribution in [1.82, 2.24) is 0 Å². The molecule has 0 radical (unpaired) electrons. The molecule has 1 aliphatic rings. The summed E-state index contributed by atoms with van der Waals surface area (Å²) in [6.45, 7) is 2.06. The van der Waals surface area contributed by atoms with Crippen molar-refractivity contribution in [2.75, 3.05) is 0 Å². The van der Waals surface area contributed by atoms with Crippen LogP contribution in [0.4, 0.5) is 0 Å². The van der Waals surface area contributed by atoms with Crippen LogP contribution in [-0.4, -0.2) is 0 Å². The van der Waals surface area contributed by atoms with Crippen LogP contribution < -0.4 is 5.73 Å². The molecule has 0 unspecified atom stereocenters. The normalized spacial score (nSPS) is 21.3. The van der Waals surface area contributed by atoms with E-state index >= 15 is 0 Å². The monoisotopic (exact) mass is 302 g/mol. The zero-order valence-corrected chi connectivity index (χ0v) is 13.1. The Balaban J connectivity index is 2.69. The SMILES string of the molecule is CCC/C=C1\C[C@@H](c2ccccc2)C(C#N)(C#N)C(N)=C1C#N. The maximum atomic E-state index is 9.70. The highest BCUT2D eigenvalue weighted by molar-refractivity contribution is 5.57. The molecule has 0 amide bonds. The smallest absolute Gasteiger partial charge is 0.191 e. The molecule has 4 heteroatoms. The maximum absolute atomic E-state index is 9.70. The van der Waals surface area contributed by atoms with E-state index in [1.807, 2.05) is 36.4 Å². The number of hydrogen-bond donors (Lipinski definition) is 1. The highest BCUT2D eigenvalue weighted by atomic mass is 14.7. The van der Waals surface area contributed by atoms with Gasteiger partial charge in [0.05, 0.1) is 23.4 Å². The molecule has 4 nitrogen and oxygen atoms in total. The van der Waals surface area contributed by atoms with Gasteiger partial charge in [-0.1, -0.05) is 49.8 Å². The van der Waals surface area contributed by atoms with Gasteiger partial charge in [0.1, 0.15) is 6.07 Å². The molecule has 0 fully saturated rings. The lowest BCUT2D eigenvalue weighted by molar-refractivity contribution is 0.447. The lowest BCUT2D eigenvalue weighted by Gasteiger charge is -2.35. The van der Waals surface area contributed by atoms with E-state index in [1.165, 1.54) is 0 Å². The molecular weight excluding hydrogens is 284 g/mol. The van der Waals surface area contributed by atoms with Crippen LogP contribution in [0.2, 0.25) is 0 Å². The lowest BCUT2D eigenvalue weighted by atomic mass is 9.63. The number of hydrogen-bond acceptors (Lipinski definition) is 4.